The second-order valence-electron chi connectivity index (χ2n) is 4.67. The molecule has 0 aromatic rings. The van der Waals surface area contributed by atoms with Crippen molar-refractivity contribution in [1.82, 2.24) is 5.32 Å². The van der Waals surface area contributed by atoms with Crippen LogP contribution >= 0.6 is 12.4 Å². The van der Waals surface area contributed by atoms with Crippen LogP contribution in [0.25, 0.3) is 0 Å². The normalized spacial score (nSPS) is 17.3. The maximum atomic E-state index is 11.3. The molecule has 0 heterocycles. The Labute approximate surface area is 95.7 Å². The highest BCUT2D eigenvalue weighted by Gasteiger charge is 2.50. The molecule has 0 bridgehead atoms. The molecule has 0 aliphatic heterocycles. The lowest BCUT2D eigenvalue weighted by Gasteiger charge is -2.22. The number of hydrogen-bond donors (Lipinski definition) is 3. The third kappa shape index (κ3) is 3.95. The molecule has 0 atom stereocenters. The number of amidine groups is 1. The Kier molecular flexibility index (Phi) is 3.99. The fourth-order valence-corrected chi connectivity index (χ4v) is 1.05. The van der Waals surface area contributed by atoms with E-state index in [-0.39, 0.29) is 23.8 Å². The lowest BCUT2D eigenvalue weighted by molar-refractivity contribution is 0.108. The van der Waals surface area contributed by atoms with Gasteiger partial charge in [-0.2, -0.15) is 0 Å². The molecule has 0 radical (unpaired) electrons. The molecule has 15 heavy (non-hydrogen) atoms. The van der Waals surface area contributed by atoms with Gasteiger partial charge in [0, 0.05) is 5.54 Å². The third-order valence-electron chi connectivity index (χ3n) is 1.96. The van der Waals surface area contributed by atoms with Crippen LogP contribution in [0.3, 0.4) is 0 Å². The highest BCUT2D eigenvalue weighted by atomic mass is 35.5. The first-order chi connectivity index (χ1) is 6.25. The molecule has 1 amide bonds. The molecule has 1 fully saturated rings. The highest BCUT2D eigenvalue weighted by Crippen LogP contribution is 2.39. The maximum absolute atomic E-state index is 11.3. The van der Waals surface area contributed by atoms with Gasteiger partial charge >= 0.3 is 6.09 Å². The highest BCUT2D eigenvalue weighted by molar-refractivity contribution is 5.91. The van der Waals surface area contributed by atoms with Crippen LogP contribution in [0, 0.1) is 5.41 Å². The summed E-state index contributed by atoms with van der Waals surface area (Å²) >= 11 is 0. The van der Waals surface area contributed by atoms with Gasteiger partial charge in [0.25, 0.3) is 0 Å². The molecule has 1 aliphatic rings. The molecule has 1 saturated carbocycles. The van der Waals surface area contributed by atoms with Gasteiger partial charge in [0.15, 0.2) is 5.60 Å². The summed E-state index contributed by atoms with van der Waals surface area (Å²) in [4.78, 5) is 11.3. The Balaban J connectivity index is 0.00000196. The predicted octanol–water partition coefficient (Wildman–Crippen LogP) is 1.40. The lowest BCUT2D eigenvalue weighted by atomic mass is 10.1. The number of nitrogens with one attached hydrogen (secondary N) is 2. The molecule has 0 aromatic heterocycles. The van der Waals surface area contributed by atoms with Crippen molar-refractivity contribution in [3.63, 3.8) is 0 Å². The van der Waals surface area contributed by atoms with Gasteiger partial charge in [-0.15, -0.1) is 12.4 Å². The molecule has 1 aliphatic carbocycles. The van der Waals surface area contributed by atoms with Gasteiger partial charge in [0.2, 0.25) is 0 Å². The molecule has 0 spiro atoms. The zero-order valence-electron chi connectivity index (χ0n) is 9.22. The van der Waals surface area contributed by atoms with Crippen LogP contribution in [0.15, 0.2) is 0 Å². The Bertz CT molecular complexity index is 269. The van der Waals surface area contributed by atoms with E-state index in [1.165, 1.54) is 0 Å². The van der Waals surface area contributed by atoms with Crippen molar-refractivity contribution in [2.75, 3.05) is 0 Å². The number of rotatable bonds is 2. The van der Waals surface area contributed by atoms with Crippen molar-refractivity contribution in [2.45, 2.75) is 44.8 Å². The van der Waals surface area contributed by atoms with E-state index < -0.39 is 11.7 Å². The minimum Gasteiger partial charge on any atom is -0.435 e. The average molecular weight is 236 g/mol. The second-order valence-corrected chi connectivity index (χ2v) is 4.67. The quantitative estimate of drug-likeness (QED) is 0.499. The van der Waals surface area contributed by atoms with Crippen molar-refractivity contribution < 1.29 is 9.53 Å². The number of hydrogen-bond acceptors (Lipinski definition) is 3. The predicted molar refractivity (Wildman–Crippen MR) is 60.5 cm³/mol. The fraction of sp³-hybridized carbons (Fsp3) is 0.778. The third-order valence-corrected chi connectivity index (χ3v) is 1.96. The smallest absolute Gasteiger partial charge is 0.408 e. The van der Waals surface area contributed by atoms with Crippen molar-refractivity contribution in [3.8, 4) is 0 Å². The summed E-state index contributed by atoms with van der Waals surface area (Å²) in [6.45, 7) is 5.59. The van der Waals surface area contributed by atoms with Gasteiger partial charge in [-0.05, 0) is 33.6 Å². The van der Waals surface area contributed by atoms with E-state index in [0.717, 1.165) is 0 Å². The summed E-state index contributed by atoms with van der Waals surface area (Å²) in [5.41, 5.74) is 4.18. The number of amides is 1. The second kappa shape index (κ2) is 4.26. The molecule has 6 heteroatoms. The van der Waals surface area contributed by atoms with E-state index >= 15 is 0 Å². The van der Waals surface area contributed by atoms with Crippen molar-refractivity contribution in [3.05, 3.63) is 0 Å². The summed E-state index contributed by atoms with van der Waals surface area (Å²) in [6.07, 6.45) is 0.796. The Hall–Kier alpha value is -0.970. The van der Waals surface area contributed by atoms with Crippen LogP contribution < -0.4 is 11.1 Å². The molecule has 4 N–H and O–H groups in total. The molecule has 0 saturated heterocycles. The number of alkyl carbamates (subject to hydrolysis) is 1. The van der Waals surface area contributed by atoms with Crippen LogP contribution in [-0.4, -0.2) is 23.1 Å². The van der Waals surface area contributed by atoms with Gasteiger partial charge in [0.1, 0.15) is 5.84 Å². The molecule has 88 valence electrons. The molecular formula is C9H18ClN3O2. The van der Waals surface area contributed by atoms with E-state index in [1.807, 2.05) is 20.8 Å². The summed E-state index contributed by atoms with van der Waals surface area (Å²) in [5.74, 6) is -0.0680. The largest absolute Gasteiger partial charge is 0.435 e. The first kappa shape index (κ1) is 14.0. The summed E-state index contributed by atoms with van der Waals surface area (Å²) < 4.78 is 5.09. The van der Waals surface area contributed by atoms with Gasteiger partial charge in [-0.3, -0.25) is 5.41 Å². The SMILES string of the molecule is CC(C)(C)NC(=O)OC1(C(=N)N)CC1.Cl. The Morgan fingerprint density at radius 3 is 2.20 bits per heavy atom. The monoisotopic (exact) mass is 235 g/mol. The van der Waals surface area contributed by atoms with Crippen molar-refractivity contribution in [2.24, 2.45) is 5.73 Å². The van der Waals surface area contributed by atoms with E-state index in [1.54, 1.807) is 0 Å². The van der Waals surface area contributed by atoms with Crippen LogP contribution in [0.2, 0.25) is 0 Å². The molecule has 0 unspecified atom stereocenters. The van der Waals surface area contributed by atoms with Crippen LogP contribution in [0.1, 0.15) is 33.6 Å². The summed E-state index contributed by atoms with van der Waals surface area (Å²) in [5, 5.41) is 9.91. The van der Waals surface area contributed by atoms with Gasteiger partial charge in [-0.1, -0.05) is 0 Å². The van der Waals surface area contributed by atoms with Crippen LogP contribution in [0.4, 0.5) is 4.79 Å². The van der Waals surface area contributed by atoms with E-state index in [4.69, 9.17) is 15.9 Å². The van der Waals surface area contributed by atoms with E-state index in [2.05, 4.69) is 5.32 Å². The van der Waals surface area contributed by atoms with E-state index in [9.17, 15) is 4.79 Å². The van der Waals surface area contributed by atoms with Gasteiger partial charge in [0.05, 0.1) is 0 Å². The number of halogens is 1. The summed E-state index contributed by atoms with van der Waals surface area (Å²) in [6, 6.07) is 0. The molecular weight excluding hydrogens is 218 g/mol. The topological polar surface area (TPSA) is 88.2 Å². The minimum atomic E-state index is -0.810. The Morgan fingerprint density at radius 2 is 1.93 bits per heavy atom. The van der Waals surface area contributed by atoms with Crippen molar-refractivity contribution >= 4 is 24.3 Å². The fourth-order valence-electron chi connectivity index (χ4n) is 1.05. The molecule has 5 nitrogen and oxygen atoms in total. The first-order valence-corrected chi connectivity index (χ1v) is 4.61. The molecule has 1 rings (SSSR count). The van der Waals surface area contributed by atoms with E-state index in [0.29, 0.717) is 12.8 Å². The van der Waals surface area contributed by atoms with Crippen LogP contribution in [-0.2, 0) is 4.74 Å². The number of nitrogens with two attached hydrogens (primary N) is 1. The molecule has 0 aromatic carbocycles. The maximum Gasteiger partial charge on any atom is 0.408 e. The van der Waals surface area contributed by atoms with Gasteiger partial charge in [-0.25, -0.2) is 4.79 Å². The number of carbonyl (C=O) groups is 1. The number of ether oxygens (including phenoxy) is 1. The van der Waals surface area contributed by atoms with Crippen LogP contribution in [0.5, 0.6) is 0 Å². The zero-order chi connectivity index (χ0) is 11.0. The van der Waals surface area contributed by atoms with Gasteiger partial charge < -0.3 is 15.8 Å². The number of carbonyl (C=O) groups excluding carboxylic acids is 1. The summed E-state index contributed by atoms with van der Waals surface area (Å²) in [7, 11) is 0. The average Bonchev–Trinajstić information content (AvgIpc) is 2.63. The standard InChI is InChI=1S/C9H17N3O2.ClH/c1-8(2,3)12-7(13)14-9(4-5-9)6(10)11;/h4-5H2,1-3H3,(H3,10,11)(H,12,13);1H. The first-order valence-electron chi connectivity index (χ1n) is 4.61. The Morgan fingerprint density at radius 1 is 1.47 bits per heavy atom. The lowest BCUT2D eigenvalue weighted by Crippen LogP contribution is -2.45. The minimum absolute atomic E-state index is 0. The zero-order valence-corrected chi connectivity index (χ0v) is 10.0. The van der Waals surface area contributed by atoms with Crippen molar-refractivity contribution in [1.29, 1.82) is 5.41 Å².